The van der Waals surface area contributed by atoms with Gasteiger partial charge >= 0.3 is 0 Å². The zero-order chi connectivity index (χ0) is 21.4. The molecule has 1 saturated carbocycles. The van der Waals surface area contributed by atoms with Gasteiger partial charge in [0.1, 0.15) is 6.10 Å². The van der Waals surface area contributed by atoms with E-state index >= 15 is 0 Å². The van der Waals surface area contributed by atoms with Crippen molar-refractivity contribution in [1.82, 2.24) is 0 Å². The van der Waals surface area contributed by atoms with Gasteiger partial charge in [0.05, 0.1) is 19.3 Å². The van der Waals surface area contributed by atoms with Crippen molar-refractivity contribution < 1.29 is 19.4 Å². The molecule has 5 rings (SSSR count). The standard InChI is InChI=1S/C26H25NO4/c1-30-23-14-11-18(15-24(23)31-20-13-12-19(28)16-20)27-25(17-7-3-2-4-8-17)21-9-5-6-10-22(21)26(27)29/h2-11,14-15,19-20,25,28H,12-13,16H2,1H3. The highest BCUT2D eigenvalue weighted by Crippen LogP contribution is 2.44. The molecule has 31 heavy (non-hydrogen) atoms. The molecule has 158 valence electrons. The molecule has 1 aliphatic carbocycles. The molecular formula is C26H25NO4. The van der Waals surface area contributed by atoms with Crippen LogP contribution in [0.15, 0.2) is 72.8 Å². The lowest BCUT2D eigenvalue weighted by Crippen LogP contribution is -2.28. The van der Waals surface area contributed by atoms with Crippen LogP contribution in [-0.4, -0.2) is 30.3 Å². The van der Waals surface area contributed by atoms with Gasteiger partial charge in [0.25, 0.3) is 5.91 Å². The molecule has 3 unspecified atom stereocenters. The molecule has 1 fully saturated rings. The van der Waals surface area contributed by atoms with E-state index in [-0.39, 0.29) is 24.2 Å². The molecule has 3 aromatic carbocycles. The predicted molar refractivity (Wildman–Crippen MR) is 119 cm³/mol. The second-order valence-corrected chi connectivity index (χ2v) is 8.12. The summed E-state index contributed by atoms with van der Waals surface area (Å²) in [5.74, 6) is 1.18. The number of aliphatic hydroxyl groups is 1. The molecule has 1 aliphatic heterocycles. The van der Waals surface area contributed by atoms with Gasteiger partial charge < -0.3 is 14.6 Å². The van der Waals surface area contributed by atoms with Crippen molar-refractivity contribution in [3.63, 3.8) is 0 Å². The molecule has 1 heterocycles. The van der Waals surface area contributed by atoms with E-state index in [4.69, 9.17) is 9.47 Å². The van der Waals surface area contributed by atoms with Crippen LogP contribution in [0, 0.1) is 0 Å². The molecule has 0 saturated heterocycles. The fourth-order valence-corrected chi connectivity index (χ4v) is 4.66. The van der Waals surface area contributed by atoms with Crippen LogP contribution < -0.4 is 14.4 Å². The summed E-state index contributed by atoms with van der Waals surface area (Å²) in [5.41, 5.74) is 3.52. The summed E-state index contributed by atoms with van der Waals surface area (Å²) in [6.07, 6.45) is 1.76. The Balaban J connectivity index is 1.56. The minimum Gasteiger partial charge on any atom is -0.493 e. The normalized spacial score (nSPS) is 22.5. The number of nitrogens with zero attached hydrogens (tertiary/aromatic N) is 1. The Morgan fingerprint density at radius 2 is 1.71 bits per heavy atom. The van der Waals surface area contributed by atoms with Crippen molar-refractivity contribution in [3.8, 4) is 11.5 Å². The summed E-state index contributed by atoms with van der Waals surface area (Å²) in [7, 11) is 1.61. The van der Waals surface area contributed by atoms with Crippen molar-refractivity contribution in [2.75, 3.05) is 12.0 Å². The number of fused-ring (bicyclic) bond motifs is 1. The first kappa shape index (κ1) is 19.6. The number of rotatable bonds is 5. The van der Waals surface area contributed by atoms with E-state index in [1.165, 1.54) is 0 Å². The highest BCUT2D eigenvalue weighted by molar-refractivity contribution is 6.11. The van der Waals surface area contributed by atoms with Gasteiger partial charge in [0.15, 0.2) is 11.5 Å². The zero-order valence-electron chi connectivity index (χ0n) is 17.4. The van der Waals surface area contributed by atoms with E-state index in [1.807, 2.05) is 77.7 Å². The van der Waals surface area contributed by atoms with Gasteiger partial charge in [0, 0.05) is 23.7 Å². The van der Waals surface area contributed by atoms with Crippen molar-refractivity contribution >= 4 is 11.6 Å². The monoisotopic (exact) mass is 415 g/mol. The Morgan fingerprint density at radius 3 is 2.45 bits per heavy atom. The number of hydrogen-bond donors (Lipinski definition) is 1. The van der Waals surface area contributed by atoms with Crippen molar-refractivity contribution in [2.24, 2.45) is 0 Å². The Labute approximate surface area is 181 Å². The van der Waals surface area contributed by atoms with Crippen LogP contribution in [0.1, 0.15) is 46.8 Å². The number of carbonyl (C=O) groups excluding carboxylic acids is 1. The number of methoxy groups -OCH3 is 1. The summed E-state index contributed by atoms with van der Waals surface area (Å²) in [4.78, 5) is 15.3. The van der Waals surface area contributed by atoms with Gasteiger partial charge in [-0.15, -0.1) is 0 Å². The average molecular weight is 415 g/mol. The maximum Gasteiger partial charge on any atom is 0.259 e. The van der Waals surface area contributed by atoms with Crippen LogP contribution in [0.4, 0.5) is 5.69 Å². The van der Waals surface area contributed by atoms with Crippen molar-refractivity contribution in [3.05, 3.63) is 89.5 Å². The maximum atomic E-state index is 13.5. The third-order valence-corrected chi connectivity index (χ3v) is 6.15. The topological polar surface area (TPSA) is 59.0 Å². The fraction of sp³-hybridized carbons (Fsp3) is 0.269. The minimum absolute atomic E-state index is 0.0307. The van der Waals surface area contributed by atoms with E-state index < -0.39 is 0 Å². The molecule has 0 aromatic heterocycles. The van der Waals surface area contributed by atoms with Gasteiger partial charge in [-0.2, -0.15) is 0 Å². The van der Waals surface area contributed by atoms with Gasteiger partial charge in [-0.05, 0) is 42.2 Å². The van der Waals surface area contributed by atoms with E-state index in [9.17, 15) is 9.90 Å². The first-order valence-corrected chi connectivity index (χ1v) is 10.7. The number of aliphatic hydroxyl groups excluding tert-OH is 1. The lowest BCUT2D eigenvalue weighted by Gasteiger charge is -2.27. The second kappa shape index (κ2) is 8.08. The van der Waals surface area contributed by atoms with Crippen LogP contribution in [0.5, 0.6) is 11.5 Å². The molecule has 0 spiro atoms. The molecular weight excluding hydrogens is 390 g/mol. The zero-order valence-corrected chi connectivity index (χ0v) is 17.4. The summed E-state index contributed by atoms with van der Waals surface area (Å²) in [6.45, 7) is 0. The number of hydrogen-bond acceptors (Lipinski definition) is 4. The largest absolute Gasteiger partial charge is 0.493 e. The number of ether oxygens (including phenoxy) is 2. The lowest BCUT2D eigenvalue weighted by molar-refractivity contribution is 0.0993. The van der Waals surface area contributed by atoms with Crippen LogP contribution in [0.25, 0.3) is 0 Å². The van der Waals surface area contributed by atoms with Gasteiger partial charge in [-0.25, -0.2) is 0 Å². The Bertz CT molecular complexity index is 1100. The van der Waals surface area contributed by atoms with E-state index in [2.05, 4.69) is 0 Å². The third-order valence-electron chi connectivity index (χ3n) is 6.15. The van der Waals surface area contributed by atoms with Crippen LogP contribution in [0.3, 0.4) is 0 Å². The van der Waals surface area contributed by atoms with E-state index in [1.54, 1.807) is 7.11 Å². The molecule has 2 aliphatic rings. The number of amides is 1. The first-order chi connectivity index (χ1) is 15.2. The third kappa shape index (κ3) is 3.55. The fourth-order valence-electron chi connectivity index (χ4n) is 4.66. The summed E-state index contributed by atoms with van der Waals surface area (Å²) in [5, 5.41) is 9.86. The number of benzene rings is 3. The lowest BCUT2D eigenvalue weighted by atomic mass is 9.98. The highest BCUT2D eigenvalue weighted by Gasteiger charge is 2.38. The van der Waals surface area contributed by atoms with E-state index in [0.29, 0.717) is 23.5 Å². The Kier molecular flexibility index (Phi) is 5.12. The minimum atomic E-state index is -0.323. The first-order valence-electron chi connectivity index (χ1n) is 10.7. The molecule has 5 nitrogen and oxygen atoms in total. The Morgan fingerprint density at radius 1 is 0.935 bits per heavy atom. The van der Waals surface area contributed by atoms with Gasteiger partial charge in [-0.1, -0.05) is 48.5 Å². The quantitative estimate of drug-likeness (QED) is 0.654. The predicted octanol–water partition coefficient (Wildman–Crippen LogP) is 4.74. The summed E-state index contributed by atoms with van der Waals surface area (Å²) < 4.78 is 11.7. The molecule has 1 N–H and O–H groups in total. The smallest absolute Gasteiger partial charge is 0.259 e. The van der Waals surface area contributed by atoms with Crippen molar-refractivity contribution in [1.29, 1.82) is 0 Å². The molecule has 0 bridgehead atoms. The number of carbonyl (C=O) groups is 1. The molecule has 3 atom stereocenters. The highest BCUT2D eigenvalue weighted by atomic mass is 16.5. The Hall–Kier alpha value is -3.31. The molecule has 1 amide bonds. The average Bonchev–Trinajstić information content (AvgIpc) is 3.35. The molecule has 5 heteroatoms. The van der Waals surface area contributed by atoms with Gasteiger partial charge in [-0.3, -0.25) is 9.69 Å². The molecule has 3 aromatic rings. The number of anilines is 1. The van der Waals surface area contributed by atoms with Crippen LogP contribution >= 0.6 is 0 Å². The van der Waals surface area contributed by atoms with Crippen LogP contribution in [0.2, 0.25) is 0 Å². The second-order valence-electron chi connectivity index (χ2n) is 8.12. The van der Waals surface area contributed by atoms with Crippen LogP contribution in [-0.2, 0) is 0 Å². The SMILES string of the molecule is COc1ccc(N2C(=O)c3ccccc3C2c2ccccc2)cc1OC1CCC(O)C1. The van der Waals surface area contributed by atoms with Crippen molar-refractivity contribution in [2.45, 2.75) is 37.5 Å². The van der Waals surface area contributed by atoms with Gasteiger partial charge in [0.2, 0.25) is 0 Å². The van der Waals surface area contributed by atoms with E-state index in [0.717, 1.165) is 29.7 Å². The maximum absolute atomic E-state index is 13.5. The summed E-state index contributed by atoms with van der Waals surface area (Å²) >= 11 is 0. The summed E-state index contributed by atoms with van der Waals surface area (Å²) in [6, 6.07) is 23.2. The molecule has 0 radical (unpaired) electrons.